The van der Waals surface area contributed by atoms with Crippen molar-refractivity contribution < 1.29 is 8.78 Å². The maximum atomic E-state index is 13.4. The molecule has 1 aliphatic rings. The van der Waals surface area contributed by atoms with E-state index in [-0.39, 0.29) is 6.04 Å². The van der Waals surface area contributed by atoms with E-state index in [4.69, 9.17) is 5.73 Å². The first kappa shape index (κ1) is 10.3. The van der Waals surface area contributed by atoms with Crippen molar-refractivity contribution in [2.75, 3.05) is 0 Å². The van der Waals surface area contributed by atoms with E-state index in [0.717, 1.165) is 30.9 Å². The third-order valence-electron chi connectivity index (χ3n) is 2.68. The zero-order valence-corrected chi connectivity index (χ0v) is 8.34. The van der Waals surface area contributed by atoms with E-state index in [9.17, 15) is 8.78 Å². The molecule has 1 unspecified atom stereocenters. The van der Waals surface area contributed by atoms with E-state index in [0.29, 0.717) is 5.56 Å². The molecule has 0 saturated heterocycles. The maximum Gasteiger partial charge on any atom is 0.133 e. The topological polar surface area (TPSA) is 26.0 Å². The van der Waals surface area contributed by atoms with Gasteiger partial charge in [0.1, 0.15) is 11.6 Å². The molecule has 0 bridgehead atoms. The summed E-state index contributed by atoms with van der Waals surface area (Å²) in [6.07, 6.45) is 4.59. The number of benzene rings is 1. The van der Waals surface area contributed by atoms with Gasteiger partial charge in [-0.3, -0.25) is 0 Å². The van der Waals surface area contributed by atoms with Crippen LogP contribution in [0.15, 0.2) is 24.3 Å². The van der Waals surface area contributed by atoms with Crippen LogP contribution < -0.4 is 5.73 Å². The second kappa shape index (κ2) is 4.11. The molecule has 1 atom stereocenters. The Hall–Kier alpha value is -1.22. The van der Waals surface area contributed by atoms with Crippen LogP contribution in [0.2, 0.25) is 0 Å². The van der Waals surface area contributed by atoms with Crippen molar-refractivity contribution >= 4 is 5.57 Å². The molecule has 3 heteroatoms. The van der Waals surface area contributed by atoms with Gasteiger partial charge in [0.05, 0.1) is 0 Å². The summed E-state index contributed by atoms with van der Waals surface area (Å²) in [5, 5.41) is 0. The lowest BCUT2D eigenvalue weighted by atomic mass is 9.91. The molecule has 1 aromatic rings. The summed E-state index contributed by atoms with van der Waals surface area (Å²) >= 11 is 0. The number of allylic oxidation sites excluding steroid dienone is 1. The van der Waals surface area contributed by atoms with Gasteiger partial charge in [-0.25, -0.2) is 8.78 Å². The lowest BCUT2D eigenvalue weighted by Crippen LogP contribution is -2.20. The van der Waals surface area contributed by atoms with Crippen molar-refractivity contribution in [3.05, 3.63) is 41.5 Å². The van der Waals surface area contributed by atoms with Crippen LogP contribution in [0.5, 0.6) is 0 Å². The molecular weight excluding hydrogens is 196 g/mol. The number of hydrogen-bond donors (Lipinski definition) is 1. The molecule has 0 heterocycles. The highest BCUT2D eigenvalue weighted by atomic mass is 19.1. The molecule has 0 fully saturated rings. The minimum Gasteiger partial charge on any atom is -0.324 e. The first-order chi connectivity index (χ1) is 7.16. The van der Waals surface area contributed by atoms with E-state index >= 15 is 0 Å². The van der Waals surface area contributed by atoms with Crippen LogP contribution in [-0.4, -0.2) is 6.04 Å². The summed E-state index contributed by atoms with van der Waals surface area (Å²) in [5.74, 6) is -1.05. The Labute approximate surface area is 87.6 Å². The zero-order chi connectivity index (χ0) is 10.8. The fourth-order valence-corrected chi connectivity index (χ4v) is 1.93. The summed E-state index contributed by atoms with van der Waals surface area (Å²) in [4.78, 5) is 0. The van der Waals surface area contributed by atoms with Crippen LogP contribution in [-0.2, 0) is 0 Å². The SMILES string of the molecule is NC1C=C(c2ccc(F)cc2F)CCC1. The van der Waals surface area contributed by atoms with Gasteiger partial charge in [0, 0.05) is 17.7 Å². The Morgan fingerprint density at radius 3 is 2.73 bits per heavy atom. The van der Waals surface area contributed by atoms with Crippen molar-refractivity contribution in [2.45, 2.75) is 25.3 Å². The molecule has 0 amide bonds. The van der Waals surface area contributed by atoms with Gasteiger partial charge in [-0.15, -0.1) is 0 Å². The highest BCUT2D eigenvalue weighted by molar-refractivity contribution is 5.67. The third kappa shape index (κ3) is 2.23. The fourth-order valence-electron chi connectivity index (χ4n) is 1.93. The molecule has 1 aliphatic carbocycles. The maximum absolute atomic E-state index is 13.4. The average molecular weight is 209 g/mol. The molecule has 15 heavy (non-hydrogen) atoms. The molecule has 0 aromatic heterocycles. The normalized spacial score (nSPS) is 21.3. The van der Waals surface area contributed by atoms with Crippen LogP contribution in [0, 0.1) is 11.6 Å². The highest BCUT2D eigenvalue weighted by Crippen LogP contribution is 2.28. The van der Waals surface area contributed by atoms with E-state index in [1.54, 1.807) is 0 Å². The number of hydrogen-bond acceptors (Lipinski definition) is 1. The Morgan fingerprint density at radius 1 is 1.27 bits per heavy atom. The molecule has 0 spiro atoms. The number of rotatable bonds is 1. The number of halogens is 2. The zero-order valence-electron chi connectivity index (χ0n) is 8.34. The van der Waals surface area contributed by atoms with Crippen LogP contribution >= 0.6 is 0 Å². The lowest BCUT2D eigenvalue weighted by molar-refractivity contribution is 0.578. The van der Waals surface area contributed by atoms with Crippen LogP contribution in [0.3, 0.4) is 0 Å². The van der Waals surface area contributed by atoms with Crippen LogP contribution in [0.1, 0.15) is 24.8 Å². The molecular formula is C12H13F2N. The summed E-state index contributed by atoms with van der Waals surface area (Å²) in [6, 6.07) is 3.67. The summed E-state index contributed by atoms with van der Waals surface area (Å²) in [6.45, 7) is 0. The van der Waals surface area contributed by atoms with Crippen LogP contribution in [0.4, 0.5) is 8.78 Å². The summed E-state index contributed by atoms with van der Waals surface area (Å²) in [5.41, 5.74) is 7.14. The summed E-state index contributed by atoms with van der Waals surface area (Å²) in [7, 11) is 0. The van der Waals surface area contributed by atoms with Crippen molar-refractivity contribution in [1.29, 1.82) is 0 Å². The molecule has 0 aliphatic heterocycles. The molecule has 1 nitrogen and oxygen atoms in total. The Balaban J connectivity index is 2.37. The lowest BCUT2D eigenvalue weighted by Gasteiger charge is -2.18. The molecule has 80 valence electrons. The standard InChI is InChI=1S/C12H13F2N/c13-9-4-5-11(12(14)7-9)8-2-1-3-10(15)6-8/h4-7,10H,1-3,15H2. The van der Waals surface area contributed by atoms with Gasteiger partial charge in [-0.1, -0.05) is 6.08 Å². The minimum atomic E-state index is -0.544. The van der Waals surface area contributed by atoms with E-state index in [1.165, 1.54) is 12.1 Å². The Kier molecular flexibility index (Phi) is 2.82. The van der Waals surface area contributed by atoms with Crippen molar-refractivity contribution in [1.82, 2.24) is 0 Å². The molecule has 0 saturated carbocycles. The molecule has 1 aromatic carbocycles. The van der Waals surface area contributed by atoms with Gasteiger partial charge < -0.3 is 5.73 Å². The Bertz CT molecular complexity index is 399. The van der Waals surface area contributed by atoms with Gasteiger partial charge >= 0.3 is 0 Å². The predicted octanol–water partition coefficient (Wildman–Crippen LogP) is 2.86. The smallest absolute Gasteiger partial charge is 0.133 e. The van der Waals surface area contributed by atoms with Gasteiger partial charge in [0.15, 0.2) is 0 Å². The second-order valence-corrected chi connectivity index (χ2v) is 3.87. The fraction of sp³-hybridized carbons (Fsp3) is 0.333. The summed E-state index contributed by atoms with van der Waals surface area (Å²) < 4.78 is 26.1. The van der Waals surface area contributed by atoms with E-state index < -0.39 is 11.6 Å². The predicted molar refractivity (Wildman–Crippen MR) is 56.2 cm³/mol. The largest absolute Gasteiger partial charge is 0.324 e. The van der Waals surface area contributed by atoms with Crippen molar-refractivity contribution in [2.24, 2.45) is 5.73 Å². The monoisotopic (exact) mass is 209 g/mol. The highest BCUT2D eigenvalue weighted by Gasteiger charge is 2.14. The van der Waals surface area contributed by atoms with E-state index in [1.807, 2.05) is 6.08 Å². The number of nitrogens with two attached hydrogens (primary N) is 1. The van der Waals surface area contributed by atoms with Gasteiger partial charge in [0.25, 0.3) is 0 Å². The van der Waals surface area contributed by atoms with Gasteiger partial charge in [-0.05, 0) is 37.0 Å². The van der Waals surface area contributed by atoms with E-state index in [2.05, 4.69) is 0 Å². The second-order valence-electron chi connectivity index (χ2n) is 3.87. The molecule has 2 N–H and O–H groups in total. The Morgan fingerprint density at radius 2 is 2.07 bits per heavy atom. The van der Waals surface area contributed by atoms with Crippen LogP contribution in [0.25, 0.3) is 5.57 Å². The van der Waals surface area contributed by atoms with Crippen molar-refractivity contribution in [3.8, 4) is 0 Å². The van der Waals surface area contributed by atoms with Crippen molar-refractivity contribution in [3.63, 3.8) is 0 Å². The first-order valence-electron chi connectivity index (χ1n) is 5.08. The van der Waals surface area contributed by atoms with Gasteiger partial charge in [0.2, 0.25) is 0 Å². The van der Waals surface area contributed by atoms with Gasteiger partial charge in [-0.2, -0.15) is 0 Å². The minimum absolute atomic E-state index is 0.00166. The molecule has 2 rings (SSSR count). The first-order valence-corrected chi connectivity index (χ1v) is 5.08. The molecule has 0 radical (unpaired) electrons. The third-order valence-corrected chi connectivity index (χ3v) is 2.68. The average Bonchev–Trinajstić information content (AvgIpc) is 2.17. The quantitative estimate of drug-likeness (QED) is 0.756.